The molecule has 2 heterocycles. The van der Waals surface area contributed by atoms with E-state index < -0.39 is 0 Å². The third-order valence-electron chi connectivity index (χ3n) is 4.58. The lowest BCUT2D eigenvalue weighted by Crippen LogP contribution is -2.30. The van der Waals surface area contributed by atoms with E-state index in [0.29, 0.717) is 18.7 Å². The fourth-order valence-electron chi connectivity index (χ4n) is 2.94. The zero-order chi connectivity index (χ0) is 20.9. The van der Waals surface area contributed by atoms with Crippen molar-refractivity contribution in [1.82, 2.24) is 30.5 Å². The molecule has 0 saturated carbocycles. The average molecular weight is 420 g/mol. The Morgan fingerprint density at radius 1 is 1.13 bits per heavy atom. The van der Waals surface area contributed by atoms with Gasteiger partial charge in [-0.3, -0.25) is 0 Å². The minimum atomic E-state index is -0.268. The van der Waals surface area contributed by atoms with Crippen LogP contribution in [0.5, 0.6) is 0 Å². The molecule has 0 aliphatic carbocycles. The van der Waals surface area contributed by atoms with Crippen LogP contribution in [0.4, 0.5) is 10.5 Å². The third kappa shape index (κ3) is 4.69. The first-order valence-corrected chi connectivity index (χ1v) is 10.4. The van der Waals surface area contributed by atoms with Crippen LogP contribution in [0.15, 0.2) is 54.2 Å². The van der Waals surface area contributed by atoms with E-state index in [1.54, 1.807) is 16.0 Å². The Labute approximate surface area is 178 Å². The predicted octanol–water partition coefficient (Wildman–Crippen LogP) is 3.77. The largest absolute Gasteiger partial charge is 0.337 e. The summed E-state index contributed by atoms with van der Waals surface area (Å²) >= 11 is 1.61. The summed E-state index contributed by atoms with van der Waals surface area (Å²) in [6.45, 7) is 4.52. The number of carbonyl (C=O) groups is 1. The molecule has 0 aliphatic heterocycles. The maximum absolute atomic E-state index is 12.3. The second kappa shape index (κ2) is 8.83. The second-order valence-electron chi connectivity index (χ2n) is 6.90. The Morgan fingerprint density at radius 2 is 1.97 bits per heavy atom. The van der Waals surface area contributed by atoms with Crippen molar-refractivity contribution >= 4 is 23.1 Å². The van der Waals surface area contributed by atoms with Gasteiger partial charge in [0.05, 0.1) is 11.4 Å². The molecular weight excluding hydrogens is 398 g/mol. The first-order valence-electron chi connectivity index (χ1n) is 9.49. The lowest BCUT2D eigenvalue weighted by atomic mass is 10.2. The molecule has 4 rings (SSSR count). The van der Waals surface area contributed by atoms with Crippen LogP contribution in [0.2, 0.25) is 0 Å². The number of nitrogens with one attached hydrogen (secondary N) is 2. The SMILES string of the molecule is Cc1ccc(-c2nc(CCNC(=O)Nc3ccc(C)c(-n4cnnn4)c3)cs2)cc1. The zero-order valence-electron chi connectivity index (χ0n) is 16.7. The molecule has 2 aromatic heterocycles. The summed E-state index contributed by atoms with van der Waals surface area (Å²) in [4.78, 5) is 16.9. The molecule has 30 heavy (non-hydrogen) atoms. The molecule has 0 aliphatic rings. The lowest BCUT2D eigenvalue weighted by molar-refractivity contribution is 0.252. The van der Waals surface area contributed by atoms with Gasteiger partial charge in [0.2, 0.25) is 0 Å². The summed E-state index contributed by atoms with van der Waals surface area (Å²) in [5, 5.41) is 19.9. The number of benzene rings is 2. The Morgan fingerprint density at radius 3 is 2.73 bits per heavy atom. The molecule has 0 unspecified atom stereocenters. The van der Waals surface area contributed by atoms with Gasteiger partial charge >= 0.3 is 6.03 Å². The summed E-state index contributed by atoms with van der Waals surface area (Å²) in [5.41, 5.74) is 5.78. The van der Waals surface area contributed by atoms with Crippen molar-refractivity contribution < 1.29 is 4.79 Å². The number of hydrogen-bond acceptors (Lipinski definition) is 6. The highest BCUT2D eigenvalue weighted by Crippen LogP contribution is 2.24. The van der Waals surface area contributed by atoms with E-state index in [4.69, 9.17) is 0 Å². The number of hydrogen-bond donors (Lipinski definition) is 2. The van der Waals surface area contributed by atoms with Gasteiger partial charge in [-0.15, -0.1) is 16.4 Å². The van der Waals surface area contributed by atoms with Crippen molar-refractivity contribution in [2.24, 2.45) is 0 Å². The number of rotatable bonds is 6. The standard InChI is InChI=1S/C21H21N7OS/c1-14-3-6-16(7-4-14)20-24-18(12-30-20)9-10-22-21(29)25-17-8-5-15(2)19(11-17)28-13-23-26-27-28/h3-8,11-13H,9-10H2,1-2H3,(H2,22,25,29). The van der Waals surface area contributed by atoms with Crippen LogP contribution < -0.4 is 10.6 Å². The van der Waals surface area contributed by atoms with Gasteiger partial charge in [0.25, 0.3) is 0 Å². The first-order chi connectivity index (χ1) is 14.6. The lowest BCUT2D eigenvalue weighted by Gasteiger charge is -2.10. The predicted molar refractivity (Wildman–Crippen MR) is 117 cm³/mol. The van der Waals surface area contributed by atoms with Crippen LogP contribution in [0.1, 0.15) is 16.8 Å². The summed E-state index contributed by atoms with van der Waals surface area (Å²) in [6, 6.07) is 13.6. The topological polar surface area (TPSA) is 97.6 Å². The maximum atomic E-state index is 12.3. The molecule has 8 nitrogen and oxygen atoms in total. The van der Waals surface area contributed by atoms with Gasteiger partial charge in [-0.1, -0.05) is 35.9 Å². The van der Waals surface area contributed by atoms with Crippen LogP contribution >= 0.6 is 11.3 Å². The van der Waals surface area contributed by atoms with E-state index in [0.717, 1.165) is 27.5 Å². The molecule has 0 atom stereocenters. The van der Waals surface area contributed by atoms with Crippen LogP contribution in [0.25, 0.3) is 16.3 Å². The Kier molecular flexibility index (Phi) is 5.80. The zero-order valence-corrected chi connectivity index (χ0v) is 17.5. The van der Waals surface area contributed by atoms with Crippen molar-refractivity contribution in [3.05, 3.63) is 71.0 Å². The van der Waals surface area contributed by atoms with Crippen LogP contribution in [-0.4, -0.2) is 37.8 Å². The molecule has 152 valence electrons. The second-order valence-corrected chi connectivity index (χ2v) is 7.75. The molecular formula is C21H21N7OS. The number of amides is 2. The molecule has 0 bridgehead atoms. The molecule has 0 saturated heterocycles. The number of aryl methyl sites for hydroxylation is 2. The number of tetrazole rings is 1. The number of urea groups is 1. The molecule has 4 aromatic rings. The van der Waals surface area contributed by atoms with E-state index in [-0.39, 0.29) is 6.03 Å². The number of nitrogens with zero attached hydrogens (tertiary/aromatic N) is 5. The Bertz CT molecular complexity index is 1140. The number of anilines is 1. The van der Waals surface area contributed by atoms with Crippen molar-refractivity contribution in [2.45, 2.75) is 20.3 Å². The Balaban J connectivity index is 1.31. The van der Waals surface area contributed by atoms with Crippen molar-refractivity contribution in [2.75, 3.05) is 11.9 Å². The average Bonchev–Trinajstić information content (AvgIpc) is 3.42. The van der Waals surface area contributed by atoms with Crippen LogP contribution in [0.3, 0.4) is 0 Å². The minimum Gasteiger partial charge on any atom is -0.337 e. The van der Waals surface area contributed by atoms with E-state index in [2.05, 4.69) is 62.3 Å². The number of thiazole rings is 1. The number of carbonyl (C=O) groups excluding carboxylic acids is 1. The quantitative estimate of drug-likeness (QED) is 0.496. The summed E-state index contributed by atoms with van der Waals surface area (Å²) in [7, 11) is 0. The van der Waals surface area contributed by atoms with Gasteiger partial charge in [-0.2, -0.15) is 0 Å². The molecule has 0 radical (unpaired) electrons. The van der Waals surface area contributed by atoms with E-state index in [9.17, 15) is 4.79 Å². The van der Waals surface area contributed by atoms with E-state index >= 15 is 0 Å². The highest BCUT2D eigenvalue weighted by molar-refractivity contribution is 7.13. The van der Waals surface area contributed by atoms with Gasteiger partial charge in [-0.25, -0.2) is 14.5 Å². The highest BCUT2D eigenvalue weighted by Gasteiger charge is 2.08. The molecule has 0 spiro atoms. The third-order valence-corrected chi connectivity index (χ3v) is 5.52. The molecule has 9 heteroatoms. The molecule has 2 aromatic carbocycles. The summed E-state index contributed by atoms with van der Waals surface area (Å²) < 4.78 is 1.56. The number of aromatic nitrogens is 5. The Hall–Kier alpha value is -3.59. The fraction of sp³-hybridized carbons (Fsp3) is 0.190. The van der Waals surface area contributed by atoms with Gasteiger partial charge in [0, 0.05) is 29.6 Å². The minimum absolute atomic E-state index is 0.268. The van der Waals surface area contributed by atoms with E-state index in [1.165, 1.54) is 11.9 Å². The van der Waals surface area contributed by atoms with Crippen molar-refractivity contribution in [1.29, 1.82) is 0 Å². The van der Waals surface area contributed by atoms with Gasteiger partial charge < -0.3 is 10.6 Å². The van der Waals surface area contributed by atoms with Gasteiger partial charge in [0.15, 0.2) is 0 Å². The first kappa shape index (κ1) is 19.7. The van der Waals surface area contributed by atoms with Gasteiger partial charge in [0.1, 0.15) is 11.3 Å². The van der Waals surface area contributed by atoms with E-state index in [1.807, 2.05) is 30.5 Å². The highest BCUT2D eigenvalue weighted by atomic mass is 32.1. The maximum Gasteiger partial charge on any atom is 0.319 e. The smallest absolute Gasteiger partial charge is 0.319 e. The van der Waals surface area contributed by atoms with Crippen LogP contribution in [0, 0.1) is 13.8 Å². The monoisotopic (exact) mass is 419 g/mol. The summed E-state index contributed by atoms with van der Waals surface area (Å²) in [5.74, 6) is 0. The van der Waals surface area contributed by atoms with Crippen molar-refractivity contribution in [3.8, 4) is 16.3 Å². The van der Waals surface area contributed by atoms with Crippen molar-refractivity contribution in [3.63, 3.8) is 0 Å². The molecule has 2 N–H and O–H groups in total. The summed E-state index contributed by atoms with van der Waals surface area (Å²) in [6.07, 6.45) is 2.18. The van der Waals surface area contributed by atoms with Gasteiger partial charge in [-0.05, 0) is 42.0 Å². The van der Waals surface area contributed by atoms with Crippen LogP contribution in [-0.2, 0) is 6.42 Å². The molecule has 2 amide bonds. The normalized spacial score (nSPS) is 10.7. The molecule has 0 fully saturated rings. The fourth-order valence-corrected chi connectivity index (χ4v) is 3.80.